The van der Waals surface area contributed by atoms with Crippen LogP contribution in [0.4, 0.5) is 8.78 Å². The van der Waals surface area contributed by atoms with Crippen LogP contribution in [-0.2, 0) is 20.7 Å². The highest BCUT2D eigenvalue weighted by atomic mass is 35.5. The minimum atomic E-state index is -4.60. The number of alkyl halides is 2. The third-order valence-electron chi connectivity index (χ3n) is 9.02. The molecule has 1 atom stereocenters. The van der Waals surface area contributed by atoms with Gasteiger partial charge in [-0.3, -0.25) is 4.79 Å². The number of nitriles is 1. The Morgan fingerprint density at radius 2 is 1.49 bits per heavy atom. The standard InChI is InChI=1S/C36H34ClF2N3O4S/c37-30-13-7-26(8-14-30)25-5-11-29(12-6-25)36(38,39)34(35(43)42-19-17-24(23-40)18-20-42)41-47(44,45)33-16-10-27-21-32(15-9-28(27)22-33)46-31-3-1-2-4-31/h5-16,21-22,24,31,34,41H,1-4,17-20H2/t34-/m1/s1. The zero-order valence-electron chi connectivity index (χ0n) is 25.5. The fourth-order valence-electron chi connectivity index (χ4n) is 6.25. The van der Waals surface area contributed by atoms with Crippen LogP contribution in [0.1, 0.15) is 44.1 Å². The minimum Gasteiger partial charge on any atom is -0.490 e. The number of piperidine rings is 1. The number of halogens is 3. The molecule has 4 aromatic carbocycles. The molecule has 244 valence electrons. The van der Waals surface area contributed by atoms with Gasteiger partial charge in [0.1, 0.15) is 5.75 Å². The summed E-state index contributed by atoms with van der Waals surface area (Å²) in [7, 11) is -4.60. The highest BCUT2D eigenvalue weighted by molar-refractivity contribution is 7.89. The lowest BCUT2D eigenvalue weighted by molar-refractivity contribution is -0.145. The molecule has 0 aromatic heterocycles. The van der Waals surface area contributed by atoms with Crippen LogP contribution in [0.25, 0.3) is 21.9 Å². The maximum atomic E-state index is 16.4. The Hall–Kier alpha value is -4.04. The molecule has 47 heavy (non-hydrogen) atoms. The summed E-state index contributed by atoms with van der Waals surface area (Å²) in [4.78, 5) is 14.7. The van der Waals surface area contributed by atoms with E-state index in [1.54, 1.807) is 42.5 Å². The van der Waals surface area contributed by atoms with Crippen molar-refractivity contribution < 1.29 is 26.7 Å². The molecular weight excluding hydrogens is 644 g/mol. The Labute approximate surface area is 278 Å². The Morgan fingerprint density at radius 1 is 0.894 bits per heavy atom. The van der Waals surface area contributed by atoms with Gasteiger partial charge in [0.15, 0.2) is 6.04 Å². The predicted molar refractivity (Wildman–Crippen MR) is 177 cm³/mol. The van der Waals surface area contributed by atoms with E-state index in [0.717, 1.165) is 36.6 Å². The van der Waals surface area contributed by atoms with Gasteiger partial charge in [0, 0.05) is 29.6 Å². The average Bonchev–Trinajstić information content (AvgIpc) is 3.60. The van der Waals surface area contributed by atoms with Crippen molar-refractivity contribution in [2.45, 2.75) is 61.5 Å². The monoisotopic (exact) mass is 677 g/mol. The summed E-state index contributed by atoms with van der Waals surface area (Å²) < 4.78 is 68.4. The molecular formula is C36H34ClF2N3O4S. The number of carbonyl (C=O) groups is 1. The lowest BCUT2D eigenvalue weighted by Crippen LogP contribution is -2.57. The van der Waals surface area contributed by atoms with Crippen molar-refractivity contribution in [2.75, 3.05) is 13.1 Å². The van der Waals surface area contributed by atoms with E-state index in [1.807, 2.05) is 6.07 Å². The topological polar surface area (TPSA) is 99.5 Å². The number of hydrogen-bond donors (Lipinski definition) is 1. The molecule has 2 aliphatic rings. The maximum Gasteiger partial charge on any atom is 0.298 e. The van der Waals surface area contributed by atoms with Crippen LogP contribution >= 0.6 is 11.6 Å². The Balaban J connectivity index is 1.29. The van der Waals surface area contributed by atoms with Gasteiger partial charge in [0.2, 0.25) is 15.9 Å². The van der Waals surface area contributed by atoms with Crippen LogP contribution < -0.4 is 9.46 Å². The average molecular weight is 678 g/mol. The second-order valence-electron chi connectivity index (χ2n) is 12.2. The minimum absolute atomic E-state index is 0.0715. The highest BCUT2D eigenvalue weighted by Gasteiger charge is 2.50. The smallest absolute Gasteiger partial charge is 0.298 e. The summed E-state index contributed by atoms with van der Waals surface area (Å²) in [6, 6.07) is 21.7. The van der Waals surface area contributed by atoms with Crippen molar-refractivity contribution in [3.05, 3.63) is 95.5 Å². The first-order chi connectivity index (χ1) is 22.5. The van der Waals surface area contributed by atoms with Crippen LogP contribution in [-0.4, -0.2) is 44.5 Å². The second kappa shape index (κ2) is 13.6. The molecule has 1 aliphatic heterocycles. The van der Waals surface area contributed by atoms with Gasteiger partial charge in [0.25, 0.3) is 5.92 Å². The maximum absolute atomic E-state index is 16.4. The van der Waals surface area contributed by atoms with Gasteiger partial charge in [-0.05, 0) is 96.8 Å². The Morgan fingerprint density at radius 3 is 2.13 bits per heavy atom. The Kier molecular flexibility index (Phi) is 9.51. The van der Waals surface area contributed by atoms with Gasteiger partial charge in [-0.1, -0.05) is 60.1 Å². The second-order valence-corrected chi connectivity index (χ2v) is 14.3. The molecule has 1 saturated carbocycles. The first kappa shape index (κ1) is 32.9. The van der Waals surface area contributed by atoms with Crippen molar-refractivity contribution in [1.82, 2.24) is 9.62 Å². The van der Waals surface area contributed by atoms with E-state index in [0.29, 0.717) is 34.6 Å². The van der Waals surface area contributed by atoms with Crippen molar-refractivity contribution in [1.29, 1.82) is 5.26 Å². The number of nitrogens with one attached hydrogen (secondary N) is 1. The lowest BCUT2D eigenvalue weighted by Gasteiger charge is -2.35. The molecule has 0 radical (unpaired) electrons. The number of ether oxygens (including phenoxy) is 1. The molecule has 11 heteroatoms. The van der Waals surface area contributed by atoms with Crippen molar-refractivity contribution in [3.63, 3.8) is 0 Å². The van der Waals surface area contributed by atoms with Crippen molar-refractivity contribution in [2.24, 2.45) is 5.92 Å². The molecule has 1 heterocycles. The van der Waals surface area contributed by atoms with Gasteiger partial charge < -0.3 is 9.64 Å². The van der Waals surface area contributed by atoms with E-state index >= 15 is 8.78 Å². The number of amides is 1. The summed E-state index contributed by atoms with van der Waals surface area (Å²) in [5.41, 5.74) is 0.888. The molecule has 2 fully saturated rings. The Bertz CT molecular complexity index is 1900. The van der Waals surface area contributed by atoms with E-state index in [1.165, 1.54) is 41.3 Å². The molecule has 0 unspecified atom stereocenters. The quantitative estimate of drug-likeness (QED) is 0.196. The fraction of sp³-hybridized carbons (Fsp3) is 0.333. The fourth-order valence-corrected chi connectivity index (χ4v) is 7.60. The van der Waals surface area contributed by atoms with E-state index in [2.05, 4.69) is 10.8 Å². The molecule has 1 aliphatic carbocycles. The van der Waals surface area contributed by atoms with Crippen LogP contribution in [0, 0.1) is 17.2 Å². The van der Waals surface area contributed by atoms with Gasteiger partial charge in [-0.2, -0.15) is 18.8 Å². The number of carbonyl (C=O) groups excluding carboxylic acids is 1. The number of likely N-dealkylation sites (tertiary alicyclic amines) is 1. The van der Waals surface area contributed by atoms with Gasteiger partial charge in [-0.15, -0.1) is 0 Å². The molecule has 1 saturated heterocycles. The van der Waals surface area contributed by atoms with E-state index in [-0.39, 0.29) is 30.0 Å². The number of rotatable bonds is 9. The SMILES string of the molecule is N#CC1CCN(C(=O)[C@@H](NS(=O)(=O)c2ccc3cc(OC4CCCC4)ccc3c2)C(F)(F)c2ccc(-c3ccc(Cl)cc3)cc2)CC1. The van der Waals surface area contributed by atoms with E-state index in [4.69, 9.17) is 16.3 Å². The molecule has 1 amide bonds. The van der Waals surface area contributed by atoms with Crippen LogP contribution in [0.3, 0.4) is 0 Å². The number of fused-ring (bicyclic) bond motifs is 1. The molecule has 0 spiro atoms. The van der Waals surface area contributed by atoms with Crippen LogP contribution in [0.5, 0.6) is 5.75 Å². The summed E-state index contributed by atoms with van der Waals surface area (Å²) >= 11 is 5.98. The van der Waals surface area contributed by atoms with Gasteiger partial charge >= 0.3 is 0 Å². The first-order valence-corrected chi connectivity index (χ1v) is 17.5. The van der Waals surface area contributed by atoms with Gasteiger partial charge in [0.05, 0.1) is 17.1 Å². The summed E-state index contributed by atoms with van der Waals surface area (Å²) in [5.74, 6) is -4.58. The predicted octanol–water partition coefficient (Wildman–Crippen LogP) is 7.68. The third-order valence-corrected chi connectivity index (χ3v) is 10.7. The zero-order valence-corrected chi connectivity index (χ0v) is 27.1. The highest BCUT2D eigenvalue weighted by Crippen LogP contribution is 2.36. The number of benzene rings is 4. The first-order valence-electron chi connectivity index (χ1n) is 15.7. The molecule has 4 aromatic rings. The zero-order chi connectivity index (χ0) is 33.2. The molecule has 7 nitrogen and oxygen atoms in total. The largest absolute Gasteiger partial charge is 0.490 e. The normalized spacial score (nSPS) is 17.0. The molecule has 6 rings (SSSR count). The molecule has 0 bridgehead atoms. The summed E-state index contributed by atoms with van der Waals surface area (Å²) in [6.45, 7) is 0.143. The number of hydrogen-bond acceptors (Lipinski definition) is 5. The molecule has 1 N–H and O–H groups in total. The van der Waals surface area contributed by atoms with Crippen molar-refractivity contribution >= 4 is 38.3 Å². The summed E-state index contributed by atoms with van der Waals surface area (Å²) in [6.07, 6.45) is 5.04. The number of sulfonamides is 1. The lowest BCUT2D eigenvalue weighted by atomic mass is 9.95. The van der Waals surface area contributed by atoms with Crippen LogP contribution in [0.15, 0.2) is 89.8 Å². The third kappa shape index (κ3) is 7.28. The van der Waals surface area contributed by atoms with Crippen LogP contribution in [0.2, 0.25) is 5.02 Å². The van der Waals surface area contributed by atoms with Crippen molar-refractivity contribution in [3.8, 4) is 22.9 Å². The van der Waals surface area contributed by atoms with E-state index < -0.39 is 33.5 Å². The number of nitrogens with zero attached hydrogens (tertiary/aromatic N) is 2. The summed E-state index contributed by atoms with van der Waals surface area (Å²) in [5, 5.41) is 11.1. The van der Waals surface area contributed by atoms with E-state index in [9.17, 15) is 18.5 Å². The van der Waals surface area contributed by atoms with Gasteiger partial charge in [-0.25, -0.2) is 8.42 Å².